The third-order valence-electron chi connectivity index (χ3n) is 3.81. The summed E-state index contributed by atoms with van der Waals surface area (Å²) < 4.78 is 5.63. The van der Waals surface area contributed by atoms with E-state index in [-0.39, 0.29) is 0 Å². The minimum Gasteiger partial charge on any atom is -0.494 e. The van der Waals surface area contributed by atoms with Gasteiger partial charge in [-0.1, -0.05) is 58.1 Å². The van der Waals surface area contributed by atoms with E-state index in [1.807, 2.05) is 13.0 Å². The highest BCUT2D eigenvalue weighted by molar-refractivity contribution is 5.30. The van der Waals surface area contributed by atoms with Crippen molar-refractivity contribution in [1.29, 1.82) is 0 Å². The zero-order chi connectivity index (χ0) is 15.3. The highest BCUT2D eigenvalue weighted by Gasteiger charge is 2.11. The van der Waals surface area contributed by atoms with Crippen LogP contribution in [0.1, 0.15) is 77.3 Å². The van der Waals surface area contributed by atoms with Crippen molar-refractivity contribution >= 4 is 0 Å². The third kappa shape index (κ3) is 7.52. The number of benzene rings is 1. The van der Waals surface area contributed by atoms with Crippen molar-refractivity contribution in [2.45, 2.75) is 71.8 Å². The summed E-state index contributed by atoms with van der Waals surface area (Å²) in [4.78, 5) is 0. The first-order valence-corrected chi connectivity index (χ1v) is 8.77. The quantitative estimate of drug-likeness (QED) is 0.514. The van der Waals surface area contributed by atoms with Crippen molar-refractivity contribution in [3.8, 4) is 5.75 Å². The van der Waals surface area contributed by atoms with Gasteiger partial charge in [-0.2, -0.15) is 0 Å². The van der Waals surface area contributed by atoms with E-state index in [1.54, 1.807) is 0 Å². The molecule has 0 bridgehead atoms. The third-order valence-corrected chi connectivity index (χ3v) is 3.81. The normalized spacial score (nSPS) is 12.3. The lowest BCUT2D eigenvalue weighted by Gasteiger charge is -2.20. The van der Waals surface area contributed by atoms with E-state index < -0.39 is 0 Å². The molecule has 0 saturated heterocycles. The van der Waals surface area contributed by atoms with E-state index in [1.165, 1.54) is 50.5 Å². The van der Waals surface area contributed by atoms with Gasteiger partial charge >= 0.3 is 0 Å². The second-order valence-electron chi connectivity index (χ2n) is 5.72. The number of unbranched alkanes of at least 4 members (excludes halogenated alkanes) is 4. The first-order valence-electron chi connectivity index (χ1n) is 8.77. The van der Waals surface area contributed by atoms with E-state index in [0.717, 1.165) is 18.9 Å². The largest absolute Gasteiger partial charge is 0.494 e. The lowest BCUT2D eigenvalue weighted by molar-refractivity contribution is 0.339. The van der Waals surface area contributed by atoms with Crippen molar-refractivity contribution < 1.29 is 4.74 Å². The molecule has 0 amide bonds. The van der Waals surface area contributed by atoms with Gasteiger partial charge in [0.2, 0.25) is 0 Å². The molecule has 21 heavy (non-hydrogen) atoms. The van der Waals surface area contributed by atoms with Gasteiger partial charge < -0.3 is 10.1 Å². The molecule has 1 atom stereocenters. The van der Waals surface area contributed by atoms with Gasteiger partial charge in [0.05, 0.1) is 6.61 Å². The van der Waals surface area contributed by atoms with Gasteiger partial charge in [-0.15, -0.1) is 0 Å². The Labute approximate surface area is 131 Å². The van der Waals surface area contributed by atoms with Gasteiger partial charge in [-0.05, 0) is 44.0 Å². The maximum atomic E-state index is 5.63. The summed E-state index contributed by atoms with van der Waals surface area (Å²) in [6.07, 6.45) is 9.11. The molecule has 0 saturated carbocycles. The smallest absolute Gasteiger partial charge is 0.119 e. The maximum Gasteiger partial charge on any atom is 0.119 e. The fourth-order valence-electron chi connectivity index (χ4n) is 2.64. The van der Waals surface area contributed by atoms with Gasteiger partial charge in [0.1, 0.15) is 5.75 Å². The van der Waals surface area contributed by atoms with E-state index >= 15 is 0 Å². The number of hydrogen-bond donors (Lipinski definition) is 1. The molecule has 2 nitrogen and oxygen atoms in total. The van der Waals surface area contributed by atoms with Crippen molar-refractivity contribution in [1.82, 2.24) is 5.32 Å². The summed E-state index contributed by atoms with van der Waals surface area (Å²) in [5, 5.41) is 3.69. The Morgan fingerprint density at radius 1 is 1.00 bits per heavy atom. The molecule has 2 heteroatoms. The molecule has 0 fully saturated rings. The van der Waals surface area contributed by atoms with Crippen LogP contribution < -0.4 is 10.1 Å². The molecule has 1 rings (SSSR count). The van der Waals surface area contributed by atoms with Crippen molar-refractivity contribution in [3.05, 3.63) is 29.8 Å². The number of nitrogens with one attached hydrogen (secondary N) is 1. The molecule has 0 aliphatic carbocycles. The van der Waals surface area contributed by atoms with Gasteiger partial charge in [0, 0.05) is 6.04 Å². The van der Waals surface area contributed by atoms with Crippen LogP contribution >= 0.6 is 0 Å². The van der Waals surface area contributed by atoms with Crippen LogP contribution in [0, 0.1) is 0 Å². The average molecular weight is 291 g/mol. The van der Waals surface area contributed by atoms with Crippen molar-refractivity contribution in [3.63, 3.8) is 0 Å². The summed E-state index contributed by atoms with van der Waals surface area (Å²) >= 11 is 0. The van der Waals surface area contributed by atoms with Gasteiger partial charge in [-0.25, -0.2) is 0 Å². The minimum absolute atomic E-state index is 0.465. The Kier molecular flexibility index (Phi) is 9.98. The molecular formula is C19H33NO. The average Bonchev–Trinajstić information content (AvgIpc) is 2.51. The highest BCUT2D eigenvalue weighted by Crippen LogP contribution is 2.24. The van der Waals surface area contributed by atoms with Crippen LogP contribution in [0.4, 0.5) is 0 Å². The van der Waals surface area contributed by atoms with Crippen LogP contribution in [-0.4, -0.2) is 13.2 Å². The number of rotatable bonds is 12. The summed E-state index contributed by atoms with van der Waals surface area (Å²) in [6, 6.07) is 9.04. The summed E-state index contributed by atoms with van der Waals surface area (Å²) in [5.74, 6) is 0.990. The molecule has 1 N–H and O–H groups in total. The molecule has 0 aliphatic rings. The zero-order valence-corrected chi connectivity index (χ0v) is 14.2. The van der Waals surface area contributed by atoms with Crippen LogP contribution in [-0.2, 0) is 0 Å². The monoisotopic (exact) mass is 291 g/mol. The molecular weight excluding hydrogens is 258 g/mol. The molecule has 1 aromatic rings. The molecule has 1 unspecified atom stereocenters. The van der Waals surface area contributed by atoms with E-state index in [2.05, 4.69) is 37.4 Å². The van der Waals surface area contributed by atoms with E-state index in [9.17, 15) is 0 Å². The summed E-state index contributed by atoms with van der Waals surface area (Å²) in [5.41, 5.74) is 1.37. The lowest BCUT2D eigenvalue weighted by Crippen LogP contribution is -2.22. The molecule has 0 aliphatic heterocycles. The Bertz CT molecular complexity index is 364. The minimum atomic E-state index is 0.465. The van der Waals surface area contributed by atoms with Crippen molar-refractivity contribution in [2.24, 2.45) is 0 Å². The second-order valence-corrected chi connectivity index (χ2v) is 5.72. The predicted octanol–water partition coefficient (Wildman–Crippen LogP) is 5.49. The first-order chi connectivity index (χ1) is 10.3. The van der Waals surface area contributed by atoms with Crippen LogP contribution in [0.3, 0.4) is 0 Å². The Morgan fingerprint density at radius 2 is 1.81 bits per heavy atom. The van der Waals surface area contributed by atoms with Gasteiger partial charge in [0.15, 0.2) is 0 Å². The standard InChI is InChI=1S/C19H33NO/c1-4-7-8-9-10-14-19(20-15-5-2)17-12-11-13-18(16-17)21-6-3/h11-13,16,19-20H,4-10,14-15H2,1-3H3. The Morgan fingerprint density at radius 3 is 2.52 bits per heavy atom. The Balaban J connectivity index is 2.56. The van der Waals surface area contributed by atoms with Crippen molar-refractivity contribution in [2.75, 3.05) is 13.2 Å². The summed E-state index contributed by atoms with van der Waals surface area (Å²) in [6.45, 7) is 8.34. The fourth-order valence-corrected chi connectivity index (χ4v) is 2.64. The molecule has 1 aromatic carbocycles. The molecule has 0 heterocycles. The van der Waals surface area contributed by atoms with E-state index in [4.69, 9.17) is 4.74 Å². The Hall–Kier alpha value is -1.02. The van der Waals surface area contributed by atoms with Gasteiger partial charge in [0.25, 0.3) is 0 Å². The second kappa shape index (κ2) is 11.6. The fraction of sp³-hybridized carbons (Fsp3) is 0.684. The SMILES string of the molecule is CCCCCCCC(NCCC)c1cccc(OCC)c1. The topological polar surface area (TPSA) is 21.3 Å². The number of hydrogen-bond acceptors (Lipinski definition) is 2. The van der Waals surface area contributed by atoms with Crippen LogP contribution in [0.5, 0.6) is 5.75 Å². The van der Waals surface area contributed by atoms with E-state index in [0.29, 0.717) is 6.04 Å². The highest BCUT2D eigenvalue weighted by atomic mass is 16.5. The molecule has 120 valence electrons. The lowest BCUT2D eigenvalue weighted by atomic mass is 9.99. The van der Waals surface area contributed by atoms with Crippen LogP contribution in [0.2, 0.25) is 0 Å². The summed E-state index contributed by atoms with van der Waals surface area (Å²) in [7, 11) is 0. The van der Waals surface area contributed by atoms with Gasteiger partial charge in [-0.3, -0.25) is 0 Å². The first kappa shape index (κ1) is 18.0. The predicted molar refractivity (Wildman–Crippen MR) is 92.0 cm³/mol. The molecule has 0 radical (unpaired) electrons. The molecule has 0 aromatic heterocycles. The zero-order valence-electron chi connectivity index (χ0n) is 14.2. The van der Waals surface area contributed by atoms with Crippen LogP contribution in [0.15, 0.2) is 24.3 Å². The molecule has 0 spiro atoms. The number of ether oxygens (including phenoxy) is 1. The maximum absolute atomic E-state index is 5.63. The van der Waals surface area contributed by atoms with Crippen LogP contribution in [0.25, 0.3) is 0 Å².